The standard InChI is InChI=1S/C29H30Cl4N2O2S/c1-19(2)15-34-29(37)27(13-20-7-4-3-5-8-20)35(16-23-24(31)9-6-10-25(23)32)28(36)18-38-17-21-11-12-22(30)14-26(21)33/h3-12,14,19,27H,13,15-18H2,1-2H3,(H,34,37)/t27-/m0/s1. The molecule has 0 fully saturated rings. The Bertz CT molecular complexity index is 1220. The highest BCUT2D eigenvalue weighted by atomic mass is 35.5. The molecule has 0 heterocycles. The van der Waals surface area contributed by atoms with E-state index in [1.807, 2.05) is 50.2 Å². The number of benzene rings is 3. The first-order valence-corrected chi connectivity index (χ1v) is 14.9. The van der Waals surface area contributed by atoms with E-state index in [4.69, 9.17) is 46.4 Å². The van der Waals surface area contributed by atoms with Crippen LogP contribution in [0.4, 0.5) is 0 Å². The van der Waals surface area contributed by atoms with Crippen molar-refractivity contribution in [3.8, 4) is 0 Å². The number of carbonyl (C=O) groups is 2. The topological polar surface area (TPSA) is 49.4 Å². The lowest BCUT2D eigenvalue weighted by molar-refractivity contribution is -0.139. The second-order valence-electron chi connectivity index (χ2n) is 9.29. The van der Waals surface area contributed by atoms with Crippen LogP contribution < -0.4 is 5.32 Å². The molecule has 1 atom stereocenters. The number of hydrogen-bond donors (Lipinski definition) is 1. The average Bonchev–Trinajstić information content (AvgIpc) is 2.88. The van der Waals surface area contributed by atoms with Crippen LogP contribution in [-0.4, -0.2) is 35.1 Å². The van der Waals surface area contributed by atoms with Gasteiger partial charge in [0.2, 0.25) is 11.8 Å². The van der Waals surface area contributed by atoms with Crippen LogP contribution in [0.25, 0.3) is 0 Å². The molecule has 2 amide bonds. The minimum atomic E-state index is -0.754. The van der Waals surface area contributed by atoms with Crippen molar-refractivity contribution in [2.24, 2.45) is 5.92 Å². The van der Waals surface area contributed by atoms with Crippen LogP contribution in [0, 0.1) is 5.92 Å². The summed E-state index contributed by atoms with van der Waals surface area (Å²) in [7, 11) is 0. The Hall–Kier alpha value is -1.89. The molecule has 202 valence electrons. The number of rotatable bonds is 12. The van der Waals surface area contributed by atoms with Crippen molar-refractivity contribution in [3.63, 3.8) is 0 Å². The number of hydrogen-bond acceptors (Lipinski definition) is 3. The molecule has 0 aliphatic rings. The number of carbonyl (C=O) groups excluding carboxylic acids is 2. The van der Waals surface area contributed by atoms with Gasteiger partial charge in [0.15, 0.2) is 0 Å². The monoisotopic (exact) mass is 610 g/mol. The molecule has 0 unspecified atom stereocenters. The van der Waals surface area contributed by atoms with Gasteiger partial charge in [-0.25, -0.2) is 0 Å². The molecule has 0 saturated carbocycles. The van der Waals surface area contributed by atoms with Crippen LogP contribution in [0.3, 0.4) is 0 Å². The Morgan fingerprint density at radius 1 is 0.895 bits per heavy atom. The van der Waals surface area contributed by atoms with E-state index in [0.717, 1.165) is 11.1 Å². The number of amides is 2. The first-order chi connectivity index (χ1) is 18.2. The lowest BCUT2D eigenvalue weighted by atomic mass is 10.0. The van der Waals surface area contributed by atoms with E-state index < -0.39 is 6.04 Å². The summed E-state index contributed by atoms with van der Waals surface area (Å²) in [5.74, 6) is 0.509. The van der Waals surface area contributed by atoms with Crippen LogP contribution in [0.15, 0.2) is 66.7 Å². The highest BCUT2D eigenvalue weighted by Gasteiger charge is 2.31. The molecule has 9 heteroatoms. The number of thioether (sulfide) groups is 1. The fourth-order valence-electron chi connectivity index (χ4n) is 3.80. The molecule has 38 heavy (non-hydrogen) atoms. The summed E-state index contributed by atoms with van der Waals surface area (Å²) < 4.78 is 0. The van der Waals surface area contributed by atoms with Gasteiger partial charge in [-0.05, 0) is 41.3 Å². The summed E-state index contributed by atoms with van der Waals surface area (Å²) >= 11 is 26.7. The maximum absolute atomic E-state index is 13.8. The van der Waals surface area contributed by atoms with Crippen molar-refractivity contribution < 1.29 is 9.59 Å². The van der Waals surface area contributed by atoms with Crippen molar-refractivity contribution >= 4 is 70.0 Å². The lowest BCUT2D eigenvalue weighted by Crippen LogP contribution is -2.51. The Labute approximate surface area is 249 Å². The number of nitrogens with one attached hydrogen (secondary N) is 1. The normalized spacial score (nSPS) is 11.9. The summed E-state index contributed by atoms with van der Waals surface area (Å²) in [5.41, 5.74) is 2.43. The van der Waals surface area contributed by atoms with Crippen LogP contribution in [0.2, 0.25) is 20.1 Å². The van der Waals surface area contributed by atoms with Crippen LogP contribution in [0.5, 0.6) is 0 Å². The molecule has 0 aliphatic carbocycles. The van der Waals surface area contributed by atoms with Gasteiger partial charge < -0.3 is 10.2 Å². The molecule has 1 N–H and O–H groups in total. The van der Waals surface area contributed by atoms with Gasteiger partial charge in [0.25, 0.3) is 0 Å². The second kappa shape index (κ2) is 15.0. The van der Waals surface area contributed by atoms with Crippen molar-refractivity contribution in [2.75, 3.05) is 12.3 Å². The van der Waals surface area contributed by atoms with Gasteiger partial charge in [-0.2, -0.15) is 0 Å². The van der Waals surface area contributed by atoms with E-state index >= 15 is 0 Å². The minimum absolute atomic E-state index is 0.103. The fraction of sp³-hybridized carbons (Fsp3) is 0.310. The number of nitrogens with zero attached hydrogens (tertiary/aromatic N) is 1. The maximum Gasteiger partial charge on any atom is 0.243 e. The first kappa shape index (κ1) is 30.6. The lowest BCUT2D eigenvalue weighted by Gasteiger charge is -2.32. The van der Waals surface area contributed by atoms with Crippen LogP contribution in [-0.2, 0) is 28.3 Å². The van der Waals surface area contributed by atoms with Crippen molar-refractivity contribution in [3.05, 3.63) is 104 Å². The van der Waals surface area contributed by atoms with E-state index in [2.05, 4.69) is 5.32 Å². The van der Waals surface area contributed by atoms with E-state index in [0.29, 0.717) is 44.4 Å². The van der Waals surface area contributed by atoms with Gasteiger partial charge in [0.05, 0.1) is 5.75 Å². The Balaban J connectivity index is 1.89. The van der Waals surface area contributed by atoms with E-state index in [-0.39, 0.29) is 30.0 Å². The van der Waals surface area contributed by atoms with Crippen molar-refractivity contribution in [1.29, 1.82) is 0 Å². The second-order valence-corrected chi connectivity index (χ2v) is 11.9. The highest BCUT2D eigenvalue weighted by Crippen LogP contribution is 2.29. The predicted octanol–water partition coefficient (Wildman–Crippen LogP) is 7.95. The molecule has 0 aromatic heterocycles. The minimum Gasteiger partial charge on any atom is -0.354 e. The Morgan fingerprint density at radius 2 is 1.58 bits per heavy atom. The zero-order valence-corrected chi connectivity index (χ0v) is 25.1. The number of halogens is 4. The molecule has 0 saturated heterocycles. The van der Waals surface area contributed by atoms with Gasteiger partial charge in [-0.3, -0.25) is 9.59 Å². The Morgan fingerprint density at radius 3 is 2.21 bits per heavy atom. The first-order valence-electron chi connectivity index (χ1n) is 12.2. The fourth-order valence-corrected chi connectivity index (χ4v) is 5.79. The summed E-state index contributed by atoms with van der Waals surface area (Å²) in [4.78, 5) is 28.9. The third-order valence-electron chi connectivity index (χ3n) is 5.84. The predicted molar refractivity (Wildman–Crippen MR) is 161 cm³/mol. The van der Waals surface area contributed by atoms with Gasteiger partial charge in [-0.15, -0.1) is 11.8 Å². The molecule has 0 bridgehead atoms. The SMILES string of the molecule is CC(C)CNC(=O)[C@H](Cc1ccccc1)N(Cc1c(Cl)cccc1Cl)C(=O)CSCc1ccc(Cl)cc1Cl. The zero-order chi connectivity index (χ0) is 27.7. The molecular weight excluding hydrogens is 582 g/mol. The molecular formula is C29H30Cl4N2O2S. The van der Waals surface area contributed by atoms with E-state index in [1.165, 1.54) is 11.8 Å². The zero-order valence-electron chi connectivity index (χ0n) is 21.2. The van der Waals surface area contributed by atoms with E-state index in [1.54, 1.807) is 35.2 Å². The van der Waals surface area contributed by atoms with Crippen molar-refractivity contribution in [1.82, 2.24) is 10.2 Å². The quantitative estimate of drug-likeness (QED) is 0.226. The van der Waals surface area contributed by atoms with Gasteiger partial charge >= 0.3 is 0 Å². The molecule has 3 aromatic carbocycles. The third-order valence-corrected chi connectivity index (χ3v) is 8.11. The largest absolute Gasteiger partial charge is 0.354 e. The average molecular weight is 612 g/mol. The molecule has 3 rings (SSSR count). The summed E-state index contributed by atoms with van der Waals surface area (Å²) in [5, 5.41) is 5.00. The van der Waals surface area contributed by atoms with Crippen LogP contribution >= 0.6 is 58.2 Å². The molecule has 4 nitrogen and oxygen atoms in total. The smallest absolute Gasteiger partial charge is 0.243 e. The van der Waals surface area contributed by atoms with Gasteiger partial charge in [-0.1, -0.05) is 103 Å². The third kappa shape index (κ3) is 9.10. The van der Waals surface area contributed by atoms with E-state index in [9.17, 15) is 9.59 Å². The van der Waals surface area contributed by atoms with Crippen LogP contribution in [0.1, 0.15) is 30.5 Å². The molecule has 0 aliphatic heterocycles. The Kier molecular flexibility index (Phi) is 12.1. The maximum atomic E-state index is 13.8. The highest BCUT2D eigenvalue weighted by molar-refractivity contribution is 7.99. The molecule has 0 radical (unpaired) electrons. The molecule has 0 spiro atoms. The van der Waals surface area contributed by atoms with Gasteiger partial charge in [0, 0.05) is 50.9 Å². The summed E-state index contributed by atoms with van der Waals surface area (Å²) in [6, 6.07) is 19.4. The van der Waals surface area contributed by atoms with Crippen molar-refractivity contribution in [2.45, 2.75) is 38.6 Å². The van der Waals surface area contributed by atoms with Gasteiger partial charge in [0.1, 0.15) is 6.04 Å². The summed E-state index contributed by atoms with van der Waals surface area (Å²) in [6.07, 6.45) is 0.353. The molecule has 3 aromatic rings. The summed E-state index contributed by atoms with van der Waals surface area (Å²) in [6.45, 7) is 4.66.